The maximum Gasteiger partial charge on any atom is 0.191 e. The fraction of sp³-hybridized carbons (Fsp3) is 0.250. The van der Waals surface area contributed by atoms with Crippen LogP contribution in [0.25, 0.3) is 11.0 Å². The highest BCUT2D eigenvalue weighted by Gasteiger charge is 2.12. The molecule has 142 valence electrons. The van der Waals surface area contributed by atoms with E-state index in [-0.39, 0.29) is 33.6 Å². The standard InChI is InChI=1S/C20H20N2O3S.BrH/c1-14-21-17-5-3-4-6-18(17)22(14)12-11-20(24)26-13-19(23)15-7-9-16(25-2)10-8-15;/h3-10H,11-13H2,1-2H3;1H. The van der Waals surface area contributed by atoms with Crippen LogP contribution in [-0.4, -0.2) is 33.3 Å². The van der Waals surface area contributed by atoms with Gasteiger partial charge in [0.15, 0.2) is 10.9 Å². The van der Waals surface area contributed by atoms with Gasteiger partial charge in [-0.3, -0.25) is 9.59 Å². The molecular formula is C20H21BrN2O3S. The summed E-state index contributed by atoms with van der Waals surface area (Å²) in [4.78, 5) is 28.9. The monoisotopic (exact) mass is 448 g/mol. The Bertz CT molecular complexity index is 938. The van der Waals surface area contributed by atoms with Gasteiger partial charge in [0.05, 0.1) is 23.9 Å². The highest BCUT2D eigenvalue weighted by molar-refractivity contribution is 8.93. The molecule has 0 fully saturated rings. The molecule has 0 N–H and O–H groups in total. The first-order chi connectivity index (χ1) is 12.6. The molecule has 7 heteroatoms. The average molecular weight is 449 g/mol. The smallest absolute Gasteiger partial charge is 0.191 e. The largest absolute Gasteiger partial charge is 0.497 e. The molecule has 0 unspecified atom stereocenters. The normalized spacial score (nSPS) is 10.4. The van der Waals surface area contributed by atoms with E-state index in [1.807, 2.05) is 35.8 Å². The Morgan fingerprint density at radius 2 is 1.81 bits per heavy atom. The summed E-state index contributed by atoms with van der Waals surface area (Å²) < 4.78 is 7.12. The summed E-state index contributed by atoms with van der Waals surface area (Å²) >= 11 is 1.07. The number of benzene rings is 2. The Balaban J connectivity index is 0.00000261. The molecule has 0 atom stereocenters. The van der Waals surface area contributed by atoms with Crippen LogP contribution < -0.4 is 4.74 Å². The van der Waals surface area contributed by atoms with Crippen molar-refractivity contribution in [1.82, 2.24) is 9.55 Å². The van der Waals surface area contributed by atoms with Gasteiger partial charge in [0, 0.05) is 18.5 Å². The molecule has 2 aromatic carbocycles. The Labute approximate surface area is 172 Å². The molecule has 1 aromatic heterocycles. The van der Waals surface area contributed by atoms with E-state index in [9.17, 15) is 9.59 Å². The van der Waals surface area contributed by atoms with Crippen molar-refractivity contribution in [3.63, 3.8) is 0 Å². The van der Waals surface area contributed by atoms with Crippen LogP contribution in [0, 0.1) is 6.92 Å². The number of imidazole rings is 1. The number of Topliss-reactive ketones (excluding diaryl/α,β-unsaturated/α-hetero) is 1. The summed E-state index contributed by atoms with van der Waals surface area (Å²) in [5.41, 5.74) is 2.54. The fourth-order valence-electron chi connectivity index (χ4n) is 2.76. The second-order valence-electron chi connectivity index (χ2n) is 5.86. The third kappa shape index (κ3) is 5.20. The highest BCUT2D eigenvalue weighted by atomic mass is 79.9. The lowest BCUT2D eigenvalue weighted by atomic mass is 10.1. The minimum absolute atomic E-state index is 0. The van der Waals surface area contributed by atoms with Crippen molar-refractivity contribution in [1.29, 1.82) is 0 Å². The van der Waals surface area contributed by atoms with Crippen molar-refractivity contribution in [2.45, 2.75) is 19.9 Å². The molecule has 0 amide bonds. The number of carbonyl (C=O) groups is 2. The number of carbonyl (C=O) groups excluding carboxylic acids is 2. The van der Waals surface area contributed by atoms with Crippen LogP contribution in [-0.2, 0) is 11.3 Å². The molecule has 0 saturated carbocycles. The molecule has 0 saturated heterocycles. The molecule has 0 bridgehead atoms. The van der Waals surface area contributed by atoms with E-state index in [0.29, 0.717) is 24.3 Å². The highest BCUT2D eigenvalue weighted by Crippen LogP contribution is 2.18. The van der Waals surface area contributed by atoms with Crippen LogP contribution in [0.3, 0.4) is 0 Å². The Kier molecular flexibility index (Phi) is 7.62. The van der Waals surface area contributed by atoms with Gasteiger partial charge in [-0.2, -0.15) is 0 Å². The minimum Gasteiger partial charge on any atom is -0.497 e. The van der Waals surface area contributed by atoms with E-state index < -0.39 is 0 Å². The fourth-order valence-corrected chi connectivity index (χ4v) is 3.45. The molecule has 27 heavy (non-hydrogen) atoms. The van der Waals surface area contributed by atoms with Crippen LogP contribution in [0.15, 0.2) is 48.5 Å². The number of rotatable bonds is 7. The molecule has 0 radical (unpaired) electrons. The number of thioether (sulfide) groups is 1. The number of aromatic nitrogens is 2. The first-order valence-corrected chi connectivity index (χ1v) is 9.32. The topological polar surface area (TPSA) is 61.2 Å². The van der Waals surface area contributed by atoms with Gasteiger partial charge in [0.2, 0.25) is 0 Å². The van der Waals surface area contributed by atoms with Crippen LogP contribution in [0.1, 0.15) is 22.6 Å². The van der Waals surface area contributed by atoms with Gasteiger partial charge in [-0.25, -0.2) is 4.98 Å². The number of fused-ring (bicyclic) bond motifs is 1. The van der Waals surface area contributed by atoms with Gasteiger partial charge in [-0.05, 0) is 43.3 Å². The van der Waals surface area contributed by atoms with E-state index in [1.165, 1.54) is 0 Å². The Morgan fingerprint density at radius 3 is 2.52 bits per heavy atom. The van der Waals surface area contributed by atoms with Gasteiger partial charge < -0.3 is 9.30 Å². The summed E-state index contributed by atoms with van der Waals surface area (Å²) in [5.74, 6) is 1.68. The maximum absolute atomic E-state index is 12.2. The lowest BCUT2D eigenvalue weighted by Gasteiger charge is -2.06. The number of aryl methyl sites for hydroxylation is 2. The molecular weight excluding hydrogens is 428 g/mol. The summed E-state index contributed by atoms with van der Waals surface area (Å²) in [7, 11) is 1.58. The van der Waals surface area contributed by atoms with Crippen LogP contribution in [0.2, 0.25) is 0 Å². The zero-order valence-corrected chi connectivity index (χ0v) is 17.7. The number of nitrogens with zero attached hydrogens (tertiary/aromatic N) is 2. The van der Waals surface area contributed by atoms with Crippen molar-refractivity contribution in [2.75, 3.05) is 12.9 Å². The third-order valence-corrected chi connectivity index (χ3v) is 5.09. The van der Waals surface area contributed by atoms with Gasteiger partial charge in [-0.15, -0.1) is 17.0 Å². The molecule has 1 heterocycles. The number of hydrogen-bond donors (Lipinski definition) is 0. The predicted molar refractivity (Wildman–Crippen MR) is 114 cm³/mol. The van der Waals surface area contributed by atoms with Crippen molar-refractivity contribution in [3.05, 3.63) is 59.9 Å². The quantitative estimate of drug-likeness (QED) is 0.499. The number of para-hydroxylation sites is 2. The van der Waals surface area contributed by atoms with E-state index in [2.05, 4.69) is 4.98 Å². The maximum atomic E-state index is 12.2. The molecule has 0 aliphatic heterocycles. The molecule has 5 nitrogen and oxygen atoms in total. The lowest BCUT2D eigenvalue weighted by molar-refractivity contribution is -0.111. The van der Waals surface area contributed by atoms with Gasteiger partial charge in [0.25, 0.3) is 0 Å². The van der Waals surface area contributed by atoms with Crippen molar-refractivity contribution in [3.8, 4) is 5.75 Å². The predicted octanol–water partition coefficient (Wildman–Crippen LogP) is 4.46. The summed E-state index contributed by atoms with van der Waals surface area (Å²) in [5, 5.41) is 0.00374. The summed E-state index contributed by atoms with van der Waals surface area (Å²) in [6.45, 7) is 2.50. The molecule has 0 aliphatic carbocycles. The van der Waals surface area contributed by atoms with E-state index in [0.717, 1.165) is 28.6 Å². The molecule has 3 aromatic rings. The summed E-state index contributed by atoms with van der Waals surface area (Å²) in [6, 6.07) is 14.8. The lowest BCUT2D eigenvalue weighted by Crippen LogP contribution is -2.08. The van der Waals surface area contributed by atoms with E-state index in [4.69, 9.17) is 4.74 Å². The van der Waals surface area contributed by atoms with E-state index >= 15 is 0 Å². The number of ketones is 1. The van der Waals surface area contributed by atoms with Gasteiger partial charge >= 0.3 is 0 Å². The number of methoxy groups -OCH3 is 1. The zero-order chi connectivity index (χ0) is 18.5. The zero-order valence-electron chi connectivity index (χ0n) is 15.2. The number of hydrogen-bond acceptors (Lipinski definition) is 5. The Morgan fingerprint density at radius 1 is 1.11 bits per heavy atom. The minimum atomic E-state index is -0.0599. The van der Waals surface area contributed by atoms with Gasteiger partial charge in [0.1, 0.15) is 11.6 Å². The van der Waals surface area contributed by atoms with Crippen LogP contribution in [0.4, 0.5) is 0 Å². The van der Waals surface area contributed by atoms with Crippen molar-refractivity contribution >= 4 is 50.7 Å². The number of ether oxygens (including phenoxy) is 1. The van der Waals surface area contributed by atoms with Crippen molar-refractivity contribution in [2.24, 2.45) is 0 Å². The van der Waals surface area contributed by atoms with Gasteiger partial charge in [-0.1, -0.05) is 23.9 Å². The number of halogens is 1. The molecule has 0 spiro atoms. The SMILES string of the molecule is Br.COc1ccc(C(=O)CSC(=O)CCn2c(C)nc3ccccc32)cc1. The van der Waals surface area contributed by atoms with Crippen LogP contribution in [0.5, 0.6) is 5.75 Å². The Hall–Kier alpha value is -2.12. The average Bonchev–Trinajstić information content (AvgIpc) is 2.99. The van der Waals surface area contributed by atoms with Crippen LogP contribution >= 0.6 is 28.7 Å². The summed E-state index contributed by atoms with van der Waals surface area (Å²) in [6.07, 6.45) is 0.363. The first-order valence-electron chi connectivity index (χ1n) is 8.33. The third-order valence-electron chi connectivity index (χ3n) is 4.16. The van der Waals surface area contributed by atoms with E-state index in [1.54, 1.807) is 31.4 Å². The first kappa shape index (κ1) is 21.2. The van der Waals surface area contributed by atoms with Crippen molar-refractivity contribution < 1.29 is 14.3 Å². The second-order valence-corrected chi connectivity index (χ2v) is 6.89. The molecule has 0 aliphatic rings. The molecule has 3 rings (SSSR count). The second kappa shape index (κ2) is 9.71.